The summed E-state index contributed by atoms with van der Waals surface area (Å²) in [6.07, 6.45) is 0. The van der Waals surface area contributed by atoms with Crippen LogP contribution in [-0.4, -0.2) is 23.5 Å². The SMILES string of the molecule is O=C(COC(=O)c1nc(Cl)ccc1Cl)Nc1ccc(F)c(F)c1. The molecule has 0 spiro atoms. The lowest BCUT2D eigenvalue weighted by atomic mass is 10.3. The molecule has 0 bridgehead atoms. The number of carbonyl (C=O) groups excluding carboxylic acids is 2. The van der Waals surface area contributed by atoms with Gasteiger partial charge in [0.25, 0.3) is 5.91 Å². The van der Waals surface area contributed by atoms with Crippen molar-refractivity contribution in [1.82, 2.24) is 4.98 Å². The molecular weight excluding hydrogens is 353 g/mol. The number of hydrogen-bond donors (Lipinski definition) is 1. The van der Waals surface area contributed by atoms with Crippen molar-refractivity contribution in [2.24, 2.45) is 0 Å². The molecule has 2 aromatic rings. The lowest BCUT2D eigenvalue weighted by Crippen LogP contribution is -2.21. The van der Waals surface area contributed by atoms with Gasteiger partial charge in [-0.3, -0.25) is 4.79 Å². The number of rotatable bonds is 4. The van der Waals surface area contributed by atoms with Gasteiger partial charge >= 0.3 is 5.97 Å². The second-order valence-corrected chi connectivity index (χ2v) is 5.01. The quantitative estimate of drug-likeness (QED) is 0.669. The number of benzene rings is 1. The van der Waals surface area contributed by atoms with E-state index in [0.29, 0.717) is 0 Å². The lowest BCUT2D eigenvalue weighted by Gasteiger charge is -2.07. The van der Waals surface area contributed by atoms with E-state index in [-0.39, 0.29) is 21.6 Å². The van der Waals surface area contributed by atoms with E-state index in [9.17, 15) is 18.4 Å². The highest BCUT2D eigenvalue weighted by Gasteiger charge is 2.16. The zero-order valence-electron chi connectivity index (χ0n) is 11.3. The van der Waals surface area contributed by atoms with Gasteiger partial charge in [0.1, 0.15) is 5.15 Å². The summed E-state index contributed by atoms with van der Waals surface area (Å²) in [6.45, 7) is -0.664. The molecule has 23 heavy (non-hydrogen) atoms. The molecule has 0 aliphatic rings. The van der Waals surface area contributed by atoms with Crippen molar-refractivity contribution in [1.29, 1.82) is 0 Å². The third-order valence-corrected chi connectivity index (χ3v) is 3.06. The van der Waals surface area contributed by atoms with Gasteiger partial charge < -0.3 is 10.1 Å². The number of halogens is 4. The first kappa shape index (κ1) is 17.1. The van der Waals surface area contributed by atoms with Gasteiger partial charge in [-0.1, -0.05) is 23.2 Å². The molecule has 5 nitrogen and oxygen atoms in total. The average molecular weight is 361 g/mol. The van der Waals surface area contributed by atoms with E-state index < -0.39 is 30.1 Å². The molecule has 0 fully saturated rings. The van der Waals surface area contributed by atoms with Crippen LogP contribution < -0.4 is 5.32 Å². The molecule has 1 amide bonds. The average Bonchev–Trinajstić information content (AvgIpc) is 2.51. The maximum atomic E-state index is 13.0. The van der Waals surface area contributed by atoms with Crippen molar-refractivity contribution in [3.8, 4) is 0 Å². The number of nitrogens with one attached hydrogen (secondary N) is 1. The van der Waals surface area contributed by atoms with Crippen LogP contribution in [0.15, 0.2) is 30.3 Å². The largest absolute Gasteiger partial charge is 0.451 e. The molecule has 1 aromatic carbocycles. The number of pyridine rings is 1. The monoisotopic (exact) mass is 360 g/mol. The Bertz CT molecular complexity index is 772. The van der Waals surface area contributed by atoms with E-state index in [1.165, 1.54) is 12.1 Å². The van der Waals surface area contributed by atoms with E-state index in [0.717, 1.165) is 18.2 Å². The first-order valence-corrected chi connectivity index (χ1v) is 6.86. The van der Waals surface area contributed by atoms with Gasteiger partial charge in [0.2, 0.25) is 0 Å². The number of aromatic nitrogens is 1. The van der Waals surface area contributed by atoms with Crippen LogP contribution in [0.1, 0.15) is 10.5 Å². The van der Waals surface area contributed by atoms with Crippen molar-refractivity contribution < 1.29 is 23.1 Å². The third kappa shape index (κ3) is 4.61. The predicted molar refractivity (Wildman–Crippen MR) is 79.5 cm³/mol. The van der Waals surface area contributed by atoms with E-state index in [1.807, 2.05) is 0 Å². The number of anilines is 1. The zero-order chi connectivity index (χ0) is 17.0. The topological polar surface area (TPSA) is 68.3 Å². The van der Waals surface area contributed by atoms with E-state index >= 15 is 0 Å². The van der Waals surface area contributed by atoms with Crippen LogP contribution in [0.3, 0.4) is 0 Å². The first-order chi connectivity index (χ1) is 10.9. The second kappa shape index (κ2) is 7.34. The summed E-state index contributed by atoms with van der Waals surface area (Å²) in [5, 5.41) is 2.29. The molecule has 0 atom stereocenters. The van der Waals surface area contributed by atoms with Gasteiger partial charge in [-0.2, -0.15) is 0 Å². The summed E-state index contributed by atoms with van der Waals surface area (Å²) in [4.78, 5) is 27.1. The van der Waals surface area contributed by atoms with Crippen LogP contribution in [0, 0.1) is 11.6 Å². The standard InChI is InChI=1S/C14H8Cl2F2N2O3/c15-8-2-4-11(16)20-13(8)14(22)23-6-12(21)19-7-1-3-9(17)10(18)5-7/h1-5H,6H2,(H,19,21). The molecule has 0 saturated carbocycles. The van der Waals surface area contributed by atoms with Crippen molar-refractivity contribution in [3.63, 3.8) is 0 Å². The summed E-state index contributed by atoms with van der Waals surface area (Å²) in [5.74, 6) is -3.86. The molecule has 1 aromatic heterocycles. The fourth-order valence-corrected chi connectivity index (χ4v) is 1.86. The molecule has 2 rings (SSSR count). The number of nitrogens with zero attached hydrogens (tertiary/aromatic N) is 1. The Morgan fingerprint density at radius 3 is 2.57 bits per heavy atom. The Morgan fingerprint density at radius 1 is 1.13 bits per heavy atom. The van der Waals surface area contributed by atoms with E-state index in [2.05, 4.69) is 10.3 Å². The van der Waals surface area contributed by atoms with Gasteiger partial charge in [-0.25, -0.2) is 18.6 Å². The summed E-state index contributed by atoms with van der Waals surface area (Å²) in [5.41, 5.74) is -0.219. The van der Waals surface area contributed by atoms with E-state index in [4.69, 9.17) is 27.9 Å². The molecule has 9 heteroatoms. The van der Waals surface area contributed by atoms with Crippen molar-refractivity contribution in [2.75, 3.05) is 11.9 Å². The molecule has 0 unspecified atom stereocenters. The molecule has 0 aliphatic carbocycles. The minimum Gasteiger partial charge on any atom is -0.451 e. The minimum absolute atomic E-state index is 0.0143. The fourth-order valence-electron chi connectivity index (χ4n) is 1.53. The van der Waals surface area contributed by atoms with Crippen LogP contribution in [0.5, 0.6) is 0 Å². The highest BCUT2D eigenvalue weighted by Crippen LogP contribution is 2.18. The summed E-state index contributed by atoms with van der Waals surface area (Å²) in [7, 11) is 0. The molecule has 0 radical (unpaired) electrons. The Morgan fingerprint density at radius 2 is 1.87 bits per heavy atom. The Balaban J connectivity index is 1.94. The fraction of sp³-hybridized carbons (Fsp3) is 0.0714. The molecule has 0 saturated heterocycles. The highest BCUT2D eigenvalue weighted by atomic mass is 35.5. The highest BCUT2D eigenvalue weighted by molar-refractivity contribution is 6.34. The van der Waals surface area contributed by atoms with Crippen molar-refractivity contribution in [2.45, 2.75) is 0 Å². The number of hydrogen-bond acceptors (Lipinski definition) is 4. The van der Waals surface area contributed by atoms with Gasteiger partial charge in [-0.05, 0) is 24.3 Å². The Hall–Kier alpha value is -2.25. The molecular formula is C14H8Cl2F2N2O3. The van der Waals surface area contributed by atoms with Crippen molar-refractivity contribution >= 4 is 40.8 Å². The van der Waals surface area contributed by atoms with Crippen LogP contribution in [0.25, 0.3) is 0 Å². The summed E-state index contributed by atoms with van der Waals surface area (Å²) < 4.78 is 30.5. The maximum absolute atomic E-state index is 13.0. The van der Waals surface area contributed by atoms with Crippen LogP contribution in [-0.2, 0) is 9.53 Å². The normalized spacial score (nSPS) is 10.3. The molecule has 0 aliphatic heterocycles. The number of amides is 1. The smallest absolute Gasteiger partial charge is 0.359 e. The summed E-state index contributed by atoms with van der Waals surface area (Å²) in [6, 6.07) is 5.55. The van der Waals surface area contributed by atoms with Gasteiger partial charge in [0, 0.05) is 11.8 Å². The maximum Gasteiger partial charge on any atom is 0.359 e. The van der Waals surface area contributed by atoms with Gasteiger partial charge in [0.05, 0.1) is 5.02 Å². The first-order valence-electron chi connectivity index (χ1n) is 6.11. The zero-order valence-corrected chi connectivity index (χ0v) is 12.8. The van der Waals surface area contributed by atoms with Crippen LogP contribution in [0.2, 0.25) is 10.2 Å². The molecule has 120 valence electrons. The molecule has 1 N–H and O–H groups in total. The minimum atomic E-state index is -1.12. The Labute approximate surface area is 139 Å². The second-order valence-electron chi connectivity index (χ2n) is 4.22. The van der Waals surface area contributed by atoms with Crippen LogP contribution in [0.4, 0.5) is 14.5 Å². The van der Waals surface area contributed by atoms with Gasteiger partial charge in [0.15, 0.2) is 23.9 Å². The predicted octanol–water partition coefficient (Wildman–Crippen LogP) is 3.46. The number of ether oxygens (including phenoxy) is 1. The van der Waals surface area contributed by atoms with Crippen LogP contribution >= 0.6 is 23.2 Å². The number of esters is 1. The third-order valence-electron chi connectivity index (χ3n) is 2.54. The van der Waals surface area contributed by atoms with E-state index in [1.54, 1.807) is 0 Å². The van der Waals surface area contributed by atoms with Gasteiger partial charge in [-0.15, -0.1) is 0 Å². The summed E-state index contributed by atoms with van der Waals surface area (Å²) >= 11 is 11.4. The lowest BCUT2D eigenvalue weighted by molar-refractivity contribution is -0.119. The molecule has 1 heterocycles. The van der Waals surface area contributed by atoms with Crippen molar-refractivity contribution in [3.05, 3.63) is 57.8 Å². The number of carbonyl (C=O) groups is 2. The Kier molecular flexibility index (Phi) is 5.46.